The van der Waals surface area contributed by atoms with Gasteiger partial charge in [0.25, 0.3) is 0 Å². The van der Waals surface area contributed by atoms with Crippen LogP contribution in [0.5, 0.6) is 0 Å². The molecule has 0 fully saturated rings. The van der Waals surface area contributed by atoms with Crippen molar-refractivity contribution in [3.05, 3.63) is 91.2 Å². The lowest BCUT2D eigenvalue weighted by Crippen LogP contribution is -2.30. The Hall–Kier alpha value is -2.32. The molecule has 1 atom stereocenters. The molecule has 116 valence electrons. The molecule has 0 heterocycles. The van der Waals surface area contributed by atoms with E-state index in [9.17, 15) is 5.11 Å². The fraction of sp³-hybridized carbons (Fsp3) is 0.200. The van der Waals surface area contributed by atoms with Gasteiger partial charge >= 0.3 is 0 Å². The van der Waals surface area contributed by atoms with Crippen LogP contribution in [0.4, 0.5) is 5.69 Å². The van der Waals surface area contributed by atoms with Crippen LogP contribution in [0.25, 0.3) is 0 Å². The maximum Gasteiger partial charge on any atom is 0.0681 e. The summed E-state index contributed by atoms with van der Waals surface area (Å²) in [5.41, 5.74) is 2.92. The van der Waals surface area contributed by atoms with E-state index in [1.54, 1.807) is 6.08 Å². The van der Waals surface area contributed by atoms with Gasteiger partial charge in [0, 0.05) is 17.4 Å². The summed E-state index contributed by atoms with van der Waals surface area (Å²) < 4.78 is 0. The van der Waals surface area contributed by atoms with E-state index < -0.39 is 0 Å². The van der Waals surface area contributed by atoms with Crippen molar-refractivity contribution in [2.75, 3.05) is 4.90 Å². The van der Waals surface area contributed by atoms with Crippen LogP contribution in [0.1, 0.15) is 19.4 Å². The summed E-state index contributed by atoms with van der Waals surface area (Å²) in [7, 11) is 0. The highest BCUT2D eigenvalue weighted by molar-refractivity contribution is 5.57. The Labute approximate surface area is 134 Å². The average molecular weight is 295 g/mol. The number of hydrogen-bond acceptors (Lipinski definition) is 2. The summed E-state index contributed by atoms with van der Waals surface area (Å²) in [6.45, 7) is 11.8. The molecule has 0 bridgehead atoms. The molecule has 1 aromatic rings. The van der Waals surface area contributed by atoms with Gasteiger partial charge in [0.05, 0.1) is 6.61 Å². The van der Waals surface area contributed by atoms with Crippen molar-refractivity contribution < 1.29 is 5.11 Å². The first-order chi connectivity index (χ1) is 10.7. The number of aliphatic hydroxyl groups is 1. The third-order valence-corrected chi connectivity index (χ3v) is 3.27. The summed E-state index contributed by atoms with van der Waals surface area (Å²) in [5.74, 6) is 0. The number of aliphatic hydroxyl groups excluding tert-OH is 1. The van der Waals surface area contributed by atoms with Gasteiger partial charge in [-0.05, 0) is 43.7 Å². The molecule has 0 saturated heterocycles. The molecular weight excluding hydrogens is 270 g/mol. The molecule has 1 rings (SSSR count). The first-order valence-corrected chi connectivity index (χ1v) is 7.41. The lowest BCUT2D eigenvalue weighted by atomic mass is 10.1. The number of allylic oxidation sites excluding steroid dienone is 6. The number of rotatable bonds is 8. The van der Waals surface area contributed by atoms with E-state index in [-0.39, 0.29) is 12.6 Å². The molecule has 0 aromatic heterocycles. The van der Waals surface area contributed by atoms with Gasteiger partial charge in [0.1, 0.15) is 0 Å². The zero-order valence-corrected chi connectivity index (χ0v) is 13.4. The van der Waals surface area contributed by atoms with Gasteiger partial charge in [0.2, 0.25) is 0 Å². The van der Waals surface area contributed by atoms with Crippen LogP contribution in [0.3, 0.4) is 0 Å². The summed E-state index contributed by atoms with van der Waals surface area (Å²) >= 11 is 0. The van der Waals surface area contributed by atoms with Crippen LogP contribution >= 0.6 is 0 Å². The number of anilines is 1. The predicted molar refractivity (Wildman–Crippen MR) is 96.7 cm³/mol. The molecule has 1 unspecified atom stereocenters. The van der Waals surface area contributed by atoms with Gasteiger partial charge in [-0.3, -0.25) is 0 Å². The molecule has 0 aliphatic rings. The van der Waals surface area contributed by atoms with Gasteiger partial charge < -0.3 is 10.0 Å². The lowest BCUT2D eigenvalue weighted by Gasteiger charge is -2.30. The highest BCUT2D eigenvalue weighted by Crippen LogP contribution is 2.24. The van der Waals surface area contributed by atoms with Crippen LogP contribution in [0.2, 0.25) is 0 Å². The zero-order chi connectivity index (χ0) is 16.4. The van der Waals surface area contributed by atoms with E-state index in [1.165, 1.54) is 0 Å². The Kier molecular flexibility index (Phi) is 7.73. The minimum atomic E-state index is 0.0494. The first-order valence-electron chi connectivity index (χ1n) is 7.41. The van der Waals surface area contributed by atoms with Crippen LogP contribution in [0, 0.1) is 0 Å². The van der Waals surface area contributed by atoms with E-state index in [2.05, 4.69) is 31.1 Å². The van der Waals surface area contributed by atoms with Crippen LogP contribution in [-0.2, 0) is 6.61 Å². The predicted octanol–water partition coefficient (Wildman–Crippen LogP) is 4.76. The van der Waals surface area contributed by atoms with Crippen molar-refractivity contribution >= 4 is 5.69 Å². The van der Waals surface area contributed by atoms with Crippen LogP contribution < -0.4 is 4.90 Å². The second-order valence-corrected chi connectivity index (χ2v) is 4.88. The largest absolute Gasteiger partial charge is 0.392 e. The fourth-order valence-electron chi connectivity index (χ4n) is 2.17. The number of hydrogen-bond donors (Lipinski definition) is 1. The maximum absolute atomic E-state index is 9.19. The van der Waals surface area contributed by atoms with Crippen molar-refractivity contribution in [1.82, 2.24) is 0 Å². The van der Waals surface area contributed by atoms with E-state index in [0.717, 1.165) is 16.9 Å². The van der Waals surface area contributed by atoms with Gasteiger partial charge in [-0.25, -0.2) is 0 Å². The molecule has 1 N–H and O–H groups in total. The third-order valence-electron chi connectivity index (χ3n) is 3.27. The molecule has 2 heteroatoms. The van der Waals surface area contributed by atoms with Gasteiger partial charge in [-0.1, -0.05) is 55.7 Å². The number of nitrogens with zero attached hydrogens (tertiary/aromatic N) is 1. The second kappa shape index (κ2) is 9.59. The molecule has 0 aliphatic heterocycles. The van der Waals surface area contributed by atoms with E-state index >= 15 is 0 Å². The SMILES string of the molecule is C=C/C=C(\C=C)N(c1ccc(CO)cc1)C(C)/C=C\C=C/C. The van der Waals surface area contributed by atoms with E-state index in [1.807, 2.05) is 61.6 Å². The van der Waals surface area contributed by atoms with Crippen molar-refractivity contribution in [2.24, 2.45) is 0 Å². The zero-order valence-electron chi connectivity index (χ0n) is 13.4. The van der Waals surface area contributed by atoms with Crippen LogP contribution in [-0.4, -0.2) is 11.1 Å². The van der Waals surface area contributed by atoms with Gasteiger partial charge in [-0.2, -0.15) is 0 Å². The molecule has 22 heavy (non-hydrogen) atoms. The van der Waals surface area contributed by atoms with Crippen molar-refractivity contribution in [2.45, 2.75) is 26.5 Å². The molecular formula is C20H25NO. The quantitative estimate of drug-likeness (QED) is 0.699. The molecule has 0 saturated carbocycles. The highest BCUT2D eigenvalue weighted by atomic mass is 16.3. The Bertz CT molecular complexity index is 564. The number of benzene rings is 1. The summed E-state index contributed by atoms with van der Waals surface area (Å²) in [5, 5.41) is 9.19. The summed E-state index contributed by atoms with van der Waals surface area (Å²) in [6.07, 6.45) is 13.7. The van der Waals surface area contributed by atoms with Crippen molar-refractivity contribution in [3.8, 4) is 0 Å². The Morgan fingerprint density at radius 1 is 1.23 bits per heavy atom. The standard InChI is InChI=1S/C20H25NO/c1-5-8-9-11-17(4)21(19(7-3)10-6-2)20-14-12-18(16-22)13-15-20/h5-15,17,22H,2-3,16H2,1,4H3/b8-5-,11-9-,19-10+. The van der Waals surface area contributed by atoms with Crippen molar-refractivity contribution in [3.63, 3.8) is 0 Å². The monoisotopic (exact) mass is 295 g/mol. The molecule has 0 amide bonds. The third kappa shape index (κ3) is 4.90. The lowest BCUT2D eigenvalue weighted by molar-refractivity contribution is 0.282. The van der Waals surface area contributed by atoms with E-state index in [0.29, 0.717) is 0 Å². The van der Waals surface area contributed by atoms with Crippen molar-refractivity contribution in [1.29, 1.82) is 0 Å². The molecule has 2 nitrogen and oxygen atoms in total. The Morgan fingerprint density at radius 3 is 2.41 bits per heavy atom. The van der Waals surface area contributed by atoms with Gasteiger partial charge in [-0.15, -0.1) is 0 Å². The second-order valence-electron chi connectivity index (χ2n) is 4.88. The fourth-order valence-corrected chi connectivity index (χ4v) is 2.17. The first kappa shape index (κ1) is 17.7. The average Bonchev–Trinajstić information content (AvgIpc) is 2.55. The molecule has 0 radical (unpaired) electrons. The molecule has 0 aliphatic carbocycles. The van der Waals surface area contributed by atoms with Gasteiger partial charge in [0.15, 0.2) is 0 Å². The topological polar surface area (TPSA) is 23.5 Å². The Morgan fingerprint density at radius 2 is 1.91 bits per heavy atom. The normalized spacial score (nSPS) is 13.5. The molecule has 1 aromatic carbocycles. The Balaban J connectivity index is 3.22. The van der Waals surface area contributed by atoms with Crippen LogP contribution in [0.15, 0.2) is 85.7 Å². The highest BCUT2D eigenvalue weighted by Gasteiger charge is 2.14. The maximum atomic E-state index is 9.19. The minimum absolute atomic E-state index is 0.0494. The molecule has 0 spiro atoms. The summed E-state index contributed by atoms with van der Waals surface area (Å²) in [4.78, 5) is 2.18. The smallest absolute Gasteiger partial charge is 0.0681 e. The minimum Gasteiger partial charge on any atom is -0.392 e. The summed E-state index contributed by atoms with van der Waals surface area (Å²) in [6, 6.07) is 8.02. The van der Waals surface area contributed by atoms with E-state index in [4.69, 9.17) is 0 Å².